The minimum absolute atomic E-state index is 0.192. The Hall–Kier alpha value is -1.71. The molecule has 1 aromatic carbocycles. The lowest BCUT2D eigenvalue weighted by atomic mass is 10.1. The van der Waals surface area contributed by atoms with E-state index >= 15 is 0 Å². The molecule has 0 saturated heterocycles. The van der Waals surface area contributed by atoms with Gasteiger partial charge in [-0.25, -0.2) is 0 Å². The van der Waals surface area contributed by atoms with Crippen LogP contribution in [0.2, 0.25) is 0 Å². The van der Waals surface area contributed by atoms with Crippen LogP contribution >= 0.6 is 0 Å². The number of benzene rings is 1. The molecule has 0 heterocycles. The molecular formula is C13H13F3O3. The van der Waals surface area contributed by atoms with E-state index in [1.807, 2.05) is 0 Å². The average Bonchev–Trinajstić information content (AvgIpc) is 2.32. The Balaban J connectivity index is 2.51. The Morgan fingerprint density at radius 1 is 1.26 bits per heavy atom. The highest BCUT2D eigenvalue weighted by Gasteiger charge is 2.28. The van der Waals surface area contributed by atoms with Crippen molar-refractivity contribution in [3.8, 4) is 17.6 Å². The van der Waals surface area contributed by atoms with Crippen molar-refractivity contribution < 1.29 is 27.8 Å². The number of halogens is 3. The molecule has 0 bridgehead atoms. The van der Waals surface area contributed by atoms with Crippen LogP contribution in [0.5, 0.6) is 5.75 Å². The standard InChI is InChI=1S/C13H13F3O3/c1-10-9-11(3-2-6-17)4-5-12(10)18-7-8-19-13(14,15)16/h4-5,9,17H,6-8H2,1H3. The minimum Gasteiger partial charge on any atom is -0.491 e. The van der Waals surface area contributed by atoms with Gasteiger partial charge in [0.25, 0.3) is 0 Å². The lowest BCUT2D eigenvalue weighted by Gasteiger charge is -2.10. The third kappa shape index (κ3) is 6.13. The molecule has 0 aromatic heterocycles. The normalized spacial score (nSPS) is 10.8. The van der Waals surface area contributed by atoms with Crippen LogP contribution in [0.3, 0.4) is 0 Å². The van der Waals surface area contributed by atoms with E-state index in [4.69, 9.17) is 9.84 Å². The zero-order valence-corrected chi connectivity index (χ0v) is 10.3. The van der Waals surface area contributed by atoms with Crippen molar-refractivity contribution in [2.24, 2.45) is 0 Å². The van der Waals surface area contributed by atoms with Gasteiger partial charge in [0.05, 0.1) is 6.61 Å². The summed E-state index contributed by atoms with van der Waals surface area (Å²) in [6, 6.07) is 5.00. The second kappa shape index (κ2) is 7.02. The van der Waals surface area contributed by atoms with E-state index in [0.717, 1.165) is 5.56 Å². The highest BCUT2D eigenvalue weighted by atomic mass is 19.4. The molecule has 104 valence electrons. The fraction of sp³-hybridized carbons (Fsp3) is 0.385. The summed E-state index contributed by atoms with van der Waals surface area (Å²) >= 11 is 0. The largest absolute Gasteiger partial charge is 0.522 e. The van der Waals surface area contributed by atoms with Gasteiger partial charge in [0.2, 0.25) is 0 Å². The number of aryl methyl sites for hydroxylation is 1. The van der Waals surface area contributed by atoms with Crippen LogP contribution in [-0.2, 0) is 4.74 Å². The number of aliphatic hydroxyl groups is 1. The first-order chi connectivity index (χ1) is 8.92. The van der Waals surface area contributed by atoms with E-state index in [9.17, 15) is 13.2 Å². The lowest BCUT2D eigenvalue weighted by molar-refractivity contribution is -0.325. The summed E-state index contributed by atoms with van der Waals surface area (Å²) in [6.45, 7) is 0.771. The average molecular weight is 274 g/mol. The third-order valence-electron chi connectivity index (χ3n) is 2.09. The molecule has 0 radical (unpaired) electrons. The van der Waals surface area contributed by atoms with Crippen LogP contribution in [0.1, 0.15) is 11.1 Å². The summed E-state index contributed by atoms with van der Waals surface area (Å²) in [6.07, 6.45) is -4.64. The van der Waals surface area contributed by atoms with Crippen molar-refractivity contribution in [1.82, 2.24) is 0 Å². The highest BCUT2D eigenvalue weighted by Crippen LogP contribution is 2.19. The van der Waals surface area contributed by atoms with Crippen molar-refractivity contribution in [1.29, 1.82) is 0 Å². The van der Waals surface area contributed by atoms with E-state index in [1.54, 1.807) is 25.1 Å². The summed E-state index contributed by atoms with van der Waals surface area (Å²) in [7, 11) is 0. The van der Waals surface area contributed by atoms with E-state index in [1.165, 1.54) is 0 Å². The van der Waals surface area contributed by atoms with Crippen molar-refractivity contribution in [2.45, 2.75) is 13.3 Å². The molecule has 0 saturated carbocycles. The zero-order chi connectivity index (χ0) is 14.3. The van der Waals surface area contributed by atoms with Gasteiger partial charge in [0.15, 0.2) is 0 Å². The molecule has 0 atom stereocenters. The molecule has 0 amide bonds. The van der Waals surface area contributed by atoms with Gasteiger partial charge in [-0.05, 0) is 30.7 Å². The smallest absolute Gasteiger partial charge is 0.491 e. The molecule has 3 nitrogen and oxygen atoms in total. The molecule has 19 heavy (non-hydrogen) atoms. The first-order valence-corrected chi connectivity index (χ1v) is 5.46. The van der Waals surface area contributed by atoms with E-state index in [0.29, 0.717) is 11.3 Å². The first kappa shape index (κ1) is 15.3. The Morgan fingerprint density at radius 3 is 2.58 bits per heavy atom. The van der Waals surface area contributed by atoms with E-state index < -0.39 is 13.0 Å². The first-order valence-electron chi connectivity index (χ1n) is 5.46. The van der Waals surface area contributed by atoms with Crippen LogP contribution < -0.4 is 4.74 Å². The fourth-order valence-corrected chi connectivity index (χ4v) is 1.34. The summed E-state index contributed by atoms with van der Waals surface area (Å²) in [4.78, 5) is 0. The van der Waals surface area contributed by atoms with Crippen LogP contribution in [0, 0.1) is 18.8 Å². The maximum Gasteiger partial charge on any atom is 0.522 e. The number of ether oxygens (including phenoxy) is 2. The molecule has 0 aliphatic heterocycles. The number of rotatable bonds is 4. The van der Waals surface area contributed by atoms with Gasteiger partial charge in [-0.3, -0.25) is 4.74 Å². The molecule has 0 fully saturated rings. The van der Waals surface area contributed by atoms with Gasteiger partial charge in [-0.15, -0.1) is 13.2 Å². The molecule has 1 N–H and O–H groups in total. The Kier molecular flexibility index (Phi) is 5.67. The molecule has 0 spiro atoms. The maximum atomic E-state index is 11.7. The van der Waals surface area contributed by atoms with Crippen LogP contribution in [-0.4, -0.2) is 31.3 Å². The van der Waals surface area contributed by atoms with Gasteiger partial charge in [-0.1, -0.05) is 11.8 Å². The van der Waals surface area contributed by atoms with Crippen molar-refractivity contribution in [2.75, 3.05) is 19.8 Å². The highest BCUT2D eigenvalue weighted by molar-refractivity contribution is 5.43. The molecule has 0 aliphatic rings. The van der Waals surface area contributed by atoms with Gasteiger partial charge in [0, 0.05) is 5.56 Å². The molecule has 1 aromatic rings. The predicted octanol–water partition coefficient (Wildman–Crippen LogP) is 2.25. The van der Waals surface area contributed by atoms with Gasteiger partial charge in [-0.2, -0.15) is 0 Å². The van der Waals surface area contributed by atoms with E-state index in [-0.39, 0.29) is 13.2 Å². The Bertz CT molecular complexity index is 472. The van der Waals surface area contributed by atoms with Gasteiger partial charge < -0.3 is 9.84 Å². The number of hydrogen-bond acceptors (Lipinski definition) is 3. The fourth-order valence-electron chi connectivity index (χ4n) is 1.34. The maximum absolute atomic E-state index is 11.7. The third-order valence-corrected chi connectivity index (χ3v) is 2.09. The monoisotopic (exact) mass is 274 g/mol. The van der Waals surface area contributed by atoms with Crippen LogP contribution in [0.25, 0.3) is 0 Å². The van der Waals surface area contributed by atoms with Crippen molar-refractivity contribution in [3.63, 3.8) is 0 Å². The summed E-state index contributed by atoms with van der Waals surface area (Å²) in [5.41, 5.74) is 1.45. The molecule has 6 heteroatoms. The second-order valence-corrected chi connectivity index (χ2v) is 3.58. The molecule has 1 rings (SSSR count). The zero-order valence-electron chi connectivity index (χ0n) is 10.3. The Morgan fingerprint density at radius 2 is 2.00 bits per heavy atom. The lowest BCUT2D eigenvalue weighted by Crippen LogP contribution is -2.18. The van der Waals surface area contributed by atoms with Gasteiger partial charge in [0.1, 0.15) is 19.0 Å². The second-order valence-electron chi connectivity index (χ2n) is 3.58. The number of alkyl halides is 3. The topological polar surface area (TPSA) is 38.7 Å². The molecular weight excluding hydrogens is 261 g/mol. The summed E-state index contributed by atoms with van der Waals surface area (Å²) in [5.74, 6) is 5.69. The summed E-state index contributed by atoms with van der Waals surface area (Å²) < 4.78 is 43.9. The Labute approximate surface area is 109 Å². The van der Waals surface area contributed by atoms with Gasteiger partial charge >= 0.3 is 6.36 Å². The molecule has 0 unspecified atom stereocenters. The predicted molar refractivity (Wildman–Crippen MR) is 62.6 cm³/mol. The SMILES string of the molecule is Cc1cc(C#CCO)ccc1OCCOC(F)(F)F. The van der Waals surface area contributed by atoms with Crippen LogP contribution in [0.4, 0.5) is 13.2 Å². The van der Waals surface area contributed by atoms with Crippen molar-refractivity contribution in [3.05, 3.63) is 29.3 Å². The summed E-state index contributed by atoms with van der Waals surface area (Å²) in [5, 5.41) is 8.56. The quantitative estimate of drug-likeness (QED) is 0.676. The van der Waals surface area contributed by atoms with Crippen LogP contribution in [0.15, 0.2) is 18.2 Å². The number of aliphatic hydroxyl groups excluding tert-OH is 1. The van der Waals surface area contributed by atoms with Crippen molar-refractivity contribution >= 4 is 0 Å². The minimum atomic E-state index is -4.64. The number of hydrogen-bond donors (Lipinski definition) is 1. The van der Waals surface area contributed by atoms with E-state index in [2.05, 4.69) is 16.6 Å². The molecule has 0 aliphatic carbocycles.